The largest absolute Gasteiger partial charge is 0.480 e. The van der Waals surface area contributed by atoms with Gasteiger partial charge >= 0.3 is 12.1 Å². The predicted octanol–water partition coefficient (Wildman–Crippen LogP) is 2.35. The maximum Gasteiger partial charge on any atom is 0.408 e. The first kappa shape index (κ1) is 21.8. The maximum absolute atomic E-state index is 12.9. The third-order valence-corrected chi connectivity index (χ3v) is 6.12. The van der Waals surface area contributed by atoms with Gasteiger partial charge in [0, 0.05) is 18.9 Å². The van der Waals surface area contributed by atoms with Crippen LogP contribution in [0.4, 0.5) is 4.79 Å². The molecule has 4 rings (SSSR count). The molecule has 1 heterocycles. The molecule has 1 aliphatic heterocycles. The van der Waals surface area contributed by atoms with Gasteiger partial charge in [0.25, 0.3) is 0 Å². The summed E-state index contributed by atoms with van der Waals surface area (Å²) in [7, 11) is 0. The lowest BCUT2D eigenvalue weighted by atomic mass is 9.98. The number of alkyl carbamates (subject to hydrolysis) is 1. The zero-order valence-corrected chi connectivity index (χ0v) is 17.9. The molecule has 8 nitrogen and oxygen atoms in total. The SMILES string of the molecule is CC(C)(NC(=O)OCC1c2ccccc2-c2ccccc21)C(=O)N1CC(O)CC1C(=O)O. The van der Waals surface area contributed by atoms with E-state index in [0.717, 1.165) is 27.2 Å². The second-order valence-electron chi connectivity index (χ2n) is 8.78. The van der Waals surface area contributed by atoms with Gasteiger partial charge < -0.3 is 25.2 Å². The molecule has 0 radical (unpaired) electrons. The molecule has 32 heavy (non-hydrogen) atoms. The lowest BCUT2D eigenvalue weighted by Crippen LogP contribution is -2.58. The second-order valence-corrected chi connectivity index (χ2v) is 8.78. The van der Waals surface area contributed by atoms with Gasteiger partial charge in [-0.2, -0.15) is 0 Å². The van der Waals surface area contributed by atoms with Gasteiger partial charge in [0.2, 0.25) is 5.91 Å². The van der Waals surface area contributed by atoms with Crippen molar-refractivity contribution in [2.24, 2.45) is 0 Å². The topological polar surface area (TPSA) is 116 Å². The number of carbonyl (C=O) groups excluding carboxylic acids is 2. The molecule has 2 atom stereocenters. The highest BCUT2D eigenvalue weighted by Gasteiger charge is 2.44. The number of nitrogens with zero attached hydrogens (tertiary/aromatic N) is 1. The summed E-state index contributed by atoms with van der Waals surface area (Å²) in [5.74, 6) is -1.89. The fraction of sp³-hybridized carbons (Fsp3) is 0.375. The van der Waals surface area contributed by atoms with Crippen molar-refractivity contribution in [3.8, 4) is 11.1 Å². The van der Waals surface area contributed by atoms with E-state index in [0.29, 0.717) is 0 Å². The number of aliphatic carboxylic acids is 1. The van der Waals surface area contributed by atoms with Crippen LogP contribution < -0.4 is 5.32 Å². The Morgan fingerprint density at radius 3 is 2.19 bits per heavy atom. The summed E-state index contributed by atoms with van der Waals surface area (Å²) >= 11 is 0. The Morgan fingerprint density at radius 1 is 1.06 bits per heavy atom. The zero-order valence-electron chi connectivity index (χ0n) is 17.9. The quantitative estimate of drug-likeness (QED) is 0.660. The molecule has 0 bridgehead atoms. The number of carboxylic acids is 1. The number of hydrogen-bond donors (Lipinski definition) is 3. The number of fused-ring (bicyclic) bond motifs is 3. The van der Waals surface area contributed by atoms with E-state index in [9.17, 15) is 24.6 Å². The number of hydrogen-bond acceptors (Lipinski definition) is 5. The molecule has 2 aromatic carbocycles. The van der Waals surface area contributed by atoms with Gasteiger partial charge in [0.05, 0.1) is 6.10 Å². The van der Waals surface area contributed by atoms with Crippen LogP contribution in [0.2, 0.25) is 0 Å². The third-order valence-electron chi connectivity index (χ3n) is 6.12. The van der Waals surface area contributed by atoms with E-state index in [4.69, 9.17) is 4.74 Å². The number of ether oxygens (including phenoxy) is 1. The van der Waals surface area contributed by atoms with Crippen molar-refractivity contribution >= 4 is 18.0 Å². The van der Waals surface area contributed by atoms with E-state index in [2.05, 4.69) is 5.32 Å². The number of nitrogens with one attached hydrogen (secondary N) is 1. The van der Waals surface area contributed by atoms with Gasteiger partial charge in [0.1, 0.15) is 18.2 Å². The van der Waals surface area contributed by atoms with Gasteiger partial charge in [-0.25, -0.2) is 9.59 Å². The molecule has 168 valence electrons. The van der Waals surface area contributed by atoms with Crippen LogP contribution in [-0.4, -0.2) is 63.9 Å². The Labute approximate surface area is 185 Å². The fourth-order valence-corrected chi connectivity index (χ4v) is 4.57. The number of aliphatic hydroxyl groups is 1. The molecule has 0 spiro atoms. The highest BCUT2D eigenvalue weighted by atomic mass is 16.5. The Morgan fingerprint density at radius 2 is 1.62 bits per heavy atom. The van der Waals surface area contributed by atoms with Crippen LogP contribution in [0.5, 0.6) is 0 Å². The molecule has 8 heteroatoms. The molecule has 0 aromatic heterocycles. The van der Waals surface area contributed by atoms with Crippen molar-refractivity contribution < 1.29 is 29.3 Å². The molecule has 3 N–H and O–H groups in total. The van der Waals surface area contributed by atoms with E-state index >= 15 is 0 Å². The van der Waals surface area contributed by atoms with Crippen molar-refractivity contribution in [3.05, 3.63) is 59.7 Å². The van der Waals surface area contributed by atoms with Gasteiger partial charge in [-0.05, 0) is 36.1 Å². The molecular weight excluding hydrogens is 412 g/mol. The van der Waals surface area contributed by atoms with Crippen molar-refractivity contribution in [2.75, 3.05) is 13.2 Å². The van der Waals surface area contributed by atoms with Crippen molar-refractivity contribution in [3.63, 3.8) is 0 Å². The first-order valence-electron chi connectivity index (χ1n) is 10.5. The minimum atomic E-state index is -1.40. The summed E-state index contributed by atoms with van der Waals surface area (Å²) in [6.07, 6.45) is -1.72. The molecular formula is C24H26N2O6. The number of carboxylic acid groups (broad SMARTS) is 1. The number of aliphatic hydroxyl groups excluding tert-OH is 1. The molecule has 1 saturated heterocycles. The van der Waals surface area contributed by atoms with E-state index in [-0.39, 0.29) is 25.5 Å². The lowest BCUT2D eigenvalue weighted by Gasteiger charge is -2.32. The molecule has 2 unspecified atom stereocenters. The molecule has 1 aliphatic carbocycles. The van der Waals surface area contributed by atoms with Crippen molar-refractivity contribution in [1.82, 2.24) is 10.2 Å². The number of likely N-dealkylation sites (tertiary alicyclic amines) is 1. The third kappa shape index (κ3) is 3.93. The summed E-state index contributed by atoms with van der Waals surface area (Å²) in [5, 5.41) is 21.7. The van der Waals surface area contributed by atoms with Crippen LogP contribution >= 0.6 is 0 Å². The summed E-state index contributed by atoms with van der Waals surface area (Å²) in [5.41, 5.74) is 2.97. The fourth-order valence-electron chi connectivity index (χ4n) is 4.57. The lowest BCUT2D eigenvalue weighted by molar-refractivity contribution is -0.150. The van der Waals surface area contributed by atoms with Gasteiger partial charge in [-0.1, -0.05) is 48.5 Å². The van der Waals surface area contributed by atoms with E-state index in [1.807, 2.05) is 48.5 Å². The van der Waals surface area contributed by atoms with Gasteiger partial charge in [-0.3, -0.25) is 4.79 Å². The number of amides is 2. The van der Waals surface area contributed by atoms with E-state index in [1.165, 1.54) is 13.8 Å². The monoisotopic (exact) mass is 438 g/mol. The Bertz CT molecular complexity index is 1020. The molecule has 2 aromatic rings. The Balaban J connectivity index is 1.43. The molecule has 2 aliphatic rings. The van der Waals surface area contributed by atoms with Crippen molar-refractivity contribution in [2.45, 2.75) is 43.9 Å². The van der Waals surface area contributed by atoms with Gasteiger partial charge in [-0.15, -0.1) is 0 Å². The van der Waals surface area contributed by atoms with Crippen LogP contribution in [0.1, 0.15) is 37.3 Å². The average Bonchev–Trinajstić information content (AvgIpc) is 3.30. The molecule has 0 saturated carbocycles. The van der Waals surface area contributed by atoms with Crippen LogP contribution in [0, 0.1) is 0 Å². The van der Waals surface area contributed by atoms with Crippen LogP contribution in [-0.2, 0) is 14.3 Å². The normalized spacial score (nSPS) is 19.9. The van der Waals surface area contributed by atoms with Crippen LogP contribution in [0.3, 0.4) is 0 Å². The highest BCUT2D eigenvalue weighted by Crippen LogP contribution is 2.44. The minimum absolute atomic E-state index is 0.0396. The zero-order chi connectivity index (χ0) is 23.0. The standard InChI is InChI=1S/C24H26N2O6/c1-24(2,22(30)26-12-14(27)11-20(26)21(28)29)25-23(31)32-13-19-17-9-5-3-7-15(17)16-8-4-6-10-18(16)19/h3-10,14,19-20,27H,11-13H2,1-2H3,(H,25,31)(H,28,29). The van der Waals surface area contributed by atoms with Crippen LogP contribution in [0.25, 0.3) is 11.1 Å². The second kappa shape index (κ2) is 8.27. The maximum atomic E-state index is 12.9. The molecule has 2 amide bonds. The summed E-state index contributed by atoms with van der Waals surface area (Å²) in [4.78, 5) is 38.0. The Kier molecular flexibility index (Phi) is 5.64. The van der Waals surface area contributed by atoms with E-state index in [1.54, 1.807) is 0 Å². The van der Waals surface area contributed by atoms with Crippen molar-refractivity contribution in [1.29, 1.82) is 0 Å². The Hall–Kier alpha value is -3.39. The van der Waals surface area contributed by atoms with E-state index < -0.39 is 35.7 Å². The number of β-amino-alcohol motifs (C(OH)–C–C–N with tert-alkyl or cyclic N) is 1. The first-order chi connectivity index (χ1) is 15.2. The minimum Gasteiger partial charge on any atom is -0.480 e. The van der Waals surface area contributed by atoms with Gasteiger partial charge in [0.15, 0.2) is 0 Å². The first-order valence-corrected chi connectivity index (χ1v) is 10.5. The summed E-state index contributed by atoms with van der Waals surface area (Å²) < 4.78 is 5.50. The highest BCUT2D eigenvalue weighted by molar-refractivity contribution is 5.92. The molecule has 1 fully saturated rings. The predicted molar refractivity (Wildman–Crippen MR) is 116 cm³/mol. The smallest absolute Gasteiger partial charge is 0.408 e. The number of benzene rings is 2. The number of carbonyl (C=O) groups is 3. The summed E-state index contributed by atoms with van der Waals surface area (Å²) in [6.45, 7) is 2.98. The number of rotatable bonds is 5. The van der Waals surface area contributed by atoms with Crippen LogP contribution in [0.15, 0.2) is 48.5 Å². The summed E-state index contributed by atoms with van der Waals surface area (Å²) in [6, 6.07) is 14.8. The average molecular weight is 438 g/mol.